The molecule has 3 fully saturated rings. The summed E-state index contributed by atoms with van der Waals surface area (Å²) in [6.45, 7) is 3.59. The lowest BCUT2D eigenvalue weighted by Gasteiger charge is -2.32. The number of nitrogens with zero attached hydrogens (tertiary/aromatic N) is 2. The second kappa shape index (κ2) is 3.17. The van der Waals surface area contributed by atoms with Gasteiger partial charge in [-0.3, -0.25) is 4.84 Å². The van der Waals surface area contributed by atoms with Crippen molar-refractivity contribution >= 4 is 0 Å². The minimum absolute atomic E-state index is 0.162. The van der Waals surface area contributed by atoms with E-state index in [1.165, 1.54) is 17.9 Å². The molecule has 5 nitrogen and oxygen atoms in total. The van der Waals surface area contributed by atoms with Crippen LogP contribution < -0.4 is 0 Å². The Kier molecular flexibility index (Phi) is 2.17. The number of fused-ring (bicyclic) bond motifs is 3. The van der Waals surface area contributed by atoms with Gasteiger partial charge in [0.15, 0.2) is 5.79 Å². The maximum atomic E-state index is 10.3. The van der Waals surface area contributed by atoms with Gasteiger partial charge >= 0.3 is 0 Å². The molecular formula is C11H20N2O3. The highest BCUT2D eigenvalue weighted by molar-refractivity contribution is 5.04. The molecule has 3 rings (SSSR count). The standard InChI is InChI=1S/C11H20N2O3/c1-10-7-11(2,14)16-13(10)9-6-4-3-5-8(9)12(10)15/h8-9,14-15H,3-7H2,1-2H3/t8-,9+,10-,11-/m0/s1. The molecule has 1 saturated carbocycles. The molecule has 92 valence electrons. The van der Waals surface area contributed by atoms with Crippen molar-refractivity contribution in [3.05, 3.63) is 0 Å². The second-order valence-electron chi connectivity index (χ2n) is 5.75. The van der Waals surface area contributed by atoms with Crippen LogP contribution in [0.15, 0.2) is 0 Å². The van der Waals surface area contributed by atoms with Gasteiger partial charge in [-0.1, -0.05) is 12.8 Å². The first-order valence-electron chi connectivity index (χ1n) is 6.13. The van der Waals surface area contributed by atoms with Gasteiger partial charge in [-0.05, 0) is 26.7 Å². The van der Waals surface area contributed by atoms with Crippen LogP contribution in [0.4, 0.5) is 0 Å². The van der Waals surface area contributed by atoms with E-state index in [1.54, 1.807) is 6.92 Å². The smallest absolute Gasteiger partial charge is 0.185 e. The molecule has 2 aliphatic heterocycles. The molecule has 5 heteroatoms. The van der Waals surface area contributed by atoms with Crippen molar-refractivity contribution in [3.8, 4) is 0 Å². The van der Waals surface area contributed by atoms with Gasteiger partial charge in [0.1, 0.15) is 5.66 Å². The molecule has 0 unspecified atom stereocenters. The molecule has 0 amide bonds. The minimum atomic E-state index is -1.15. The van der Waals surface area contributed by atoms with Crippen molar-refractivity contribution in [1.82, 2.24) is 10.1 Å². The zero-order valence-electron chi connectivity index (χ0n) is 9.89. The van der Waals surface area contributed by atoms with E-state index in [9.17, 15) is 10.3 Å². The van der Waals surface area contributed by atoms with E-state index in [0.717, 1.165) is 12.8 Å². The van der Waals surface area contributed by atoms with E-state index >= 15 is 0 Å². The number of hydroxylamine groups is 4. The van der Waals surface area contributed by atoms with Crippen LogP contribution in [0.5, 0.6) is 0 Å². The van der Waals surface area contributed by atoms with Crippen LogP contribution in [0.1, 0.15) is 46.0 Å². The Labute approximate surface area is 95.5 Å². The summed E-state index contributed by atoms with van der Waals surface area (Å²) < 4.78 is 0. The third-order valence-electron chi connectivity index (χ3n) is 4.24. The Bertz CT molecular complexity index is 310. The fourth-order valence-electron chi connectivity index (χ4n) is 3.66. The van der Waals surface area contributed by atoms with Gasteiger partial charge in [0, 0.05) is 6.42 Å². The zero-order valence-corrected chi connectivity index (χ0v) is 9.89. The highest BCUT2D eigenvalue weighted by Gasteiger charge is 2.63. The molecule has 2 saturated heterocycles. The Morgan fingerprint density at radius 1 is 1.19 bits per heavy atom. The van der Waals surface area contributed by atoms with Crippen LogP contribution in [0.2, 0.25) is 0 Å². The summed E-state index contributed by atoms with van der Waals surface area (Å²) in [6.07, 6.45) is 4.81. The highest BCUT2D eigenvalue weighted by atomic mass is 16.8. The van der Waals surface area contributed by atoms with Crippen molar-refractivity contribution < 1.29 is 15.2 Å². The summed E-state index contributed by atoms with van der Waals surface area (Å²) in [4.78, 5) is 5.60. The molecule has 2 N–H and O–H groups in total. The third kappa shape index (κ3) is 1.29. The van der Waals surface area contributed by atoms with E-state index in [-0.39, 0.29) is 12.1 Å². The van der Waals surface area contributed by atoms with Crippen LogP contribution in [-0.4, -0.2) is 44.0 Å². The predicted molar refractivity (Wildman–Crippen MR) is 56.2 cm³/mol. The molecule has 0 radical (unpaired) electrons. The first-order chi connectivity index (χ1) is 7.44. The summed E-state index contributed by atoms with van der Waals surface area (Å²) in [7, 11) is 0. The Balaban J connectivity index is 1.93. The quantitative estimate of drug-likeness (QED) is 0.649. The average molecular weight is 228 g/mol. The van der Waals surface area contributed by atoms with Gasteiger partial charge in [0.2, 0.25) is 0 Å². The topological polar surface area (TPSA) is 56.2 Å². The average Bonchev–Trinajstić information content (AvgIpc) is 2.57. The lowest BCUT2D eigenvalue weighted by molar-refractivity contribution is -0.300. The summed E-state index contributed by atoms with van der Waals surface area (Å²) in [5, 5.41) is 23.5. The summed E-state index contributed by atoms with van der Waals surface area (Å²) in [5.41, 5.74) is -0.566. The summed E-state index contributed by atoms with van der Waals surface area (Å²) in [5.74, 6) is -1.15. The lowest BCUT2D eigenvalue weighted by atomic mass is 9.91. The van der Waals surface area contributed by atoms with Crippen molar-refractivity contribution in [1.29, 1.82) is 0 Å². The number of aliphatic hydroxyl groups is 1. The van der Waals surface area contributed by atoms with Crippen LogP contribution in [0.3, 0.4) is 0 Å². The largest absolute Gasteiger partial charge is 0.364 e. The first kappa shape index (κ1) is 10.9. The fourth-order valence-corrected chi connectivity index (χ4v) is 3.66. The van der Waals surface area contributed by atoms with Gasteiger partial charge in [0.25, 0.3) is 0 Å². The van der Waals surface area contributed by atoms with Gasteiger partial charge in [0.05, 0.1) is 12.1 Å². The van der Waals surface area contributed by atoms with Gasteiger partial charge in [-0.25, -0.2) is 0 Å². The first-order valence-corrected chi connectivity index (χ1v) is 6.13. The van der Waals surface area contributed by atoms with E-state index in [4.69, 9.17) is 4.84 Å². The van der Waals surface area contributed by atoms with E-state index < -0.39 is 11.4 Å². The van der Waals surface area contributed by atoms with E-state index in [1.807, 2.05) is 12.0 Å². The molecule has 4 atom stereocenters. The van der Waals surface area contributed by atoms with Crippen LogP contribution in [0, 0.1) is 0 Å². The molecule has 1 aliphatic carbocycles. The Hall–Kier alpha value is -0.200. The number of rotatable bonds is 0. The van der Waals surface area contributed by atoms with Gasteiger partial charge in [-0.15, -0.1) is 0 Å². The molecule has 0 aromatic heterocycles. The SMILES string of the molecule is C[C@@]12C[C@@](C)(O)ON1[C@@H]1CCCC[C@@H]1N2O. The van der Waals surface area contributed by atoms with Crippen molar-refractivity contribution in [3.63, 3.8) is 0 Å². The molecule has 16 heavy (non-hydrogen) atoms. The number of hydrogen-bond acceptors (Lipinski definition) is 5. The number of hydrogen-bond donors (Lipinski definition) is 2. The summed E-state index contributed by atoms with van der Waals surface area (Å²) >= 11 is 0. The minimum Gasteiger partial charge on any atom is -0.364 e. The monoisotopic (exact) mass is 228 g/mol. The van der Waals surface area contributed by atoms with Crippen molar-refractivity contribution in [2.24, 2.45) is 0 Å². The maximum absolute atomic E-state index is 10.3. The van der Waals surface area contributed by atoms with Crippen LogP contribution >= 0.6 is 0 Å². The Morgan fingerprint density at radius 3 is 2.50 bits per heavy atom. The second-order valence-corrected chi connectivity index (χ2v) is 5.75. The summed E-state index contributed by atoms with van der Waals surface area (Å²) in [6, 6.07) is 0.382. The molecule has 0 spiro atoms. The third-order valence-corrected chi connectivity index (χ3v) is 4.24. The van der Waals surface area contributed by atoms with Crippen molar-refractivity contribution in [2.45, 2.75) is 69.5 Å². The Morgan fingerprint density at radius 2 is 1.81 bits per heavy atom. The molecule has 0 bridgehead atoms. The molecule has 3 aliphatic rings. The fraction of sp³-hybridized carbons (Fsp3) is 1.00. The van der Waals surface area contributed by atoms with E-state index in [2.05, 4.69) is 0 Å². The lowest BCUT2D eigenvalue weighted by Crippen LogP contribution is -2.47. The van der Waals surface area contributed by atoms with Crippen LogP contribution in [-0.2, 0) is 4.84 Å². The molecule has 0 aromatic rings. The van der Waals surface area contributed by atoms with E-state index in [0.29, 0.717) is 6.42 Å². The molecular weight excluding hydrogens is 208 g/mol. The predicted octanol–water partition coefficient (Wildman–Crippen LogP) is 1.06. The van der Waals surface area contributed by atoms with Gasteiger partial charge in [-0.2, -0.15) is 10.1 Å². The maximum Gasteiger partial charge on any atom is 0.185 e. The van der Waals surface area contributed by atoms with Crippen LogP contribution in [0.25, 0.3) is 0 Å². The highest BCUT2D eigenvalue weighted by Crippen LogP contribution is 2.49. The van der Waals surface area contributed by atoms with Crippen molar-refractivity contribution in [2.75, 3.05) is 0 Å². The zero-order chi connectivity index (χ0) is 11.6. The van der Waals surface area contributed by atoms with Gasteiger partial charge < -0.3 is 10.3 Å². The molecule has 0 aromatic carbocycles. The molecule has 2 heterocycles. The normalized spacial score (nSPS) is 54.0.